The summed E-state index contributed by atoms with van der Waals surface area (Å²) in [6.07, 6.45) is 6.51. The van der Waals surface area contributed by atoms with Crippen LogP contribution in [-0.4, -0.2) is 22.6 Å². The smallest absolute Gasteiger partial charge is 0.366 e. The Morgan fingerprint density at radius 1 is 1.07 bits per heavy atom. The van der Waals surface area contributed by atoms with Crippen LogP contribution in [0.5, 0.6) is 0 Å². The number of halogens is 3. The summed E-state index contributed by atoms with van der Waals surface area (Å²) in [5, 5.41) is 1.14. The molecule has 6 heteroatoms. The molecule has 0 unspecified atom stereocenters. The lowest BCUT2D eigenvalue weighted by atomic mass is 10.0. The third kappa shape index (κ3) is 3.67. The van der Waals surface area contributed by atoms with Crippen molar-refractivity contribution in [1.29, 1.82) is 0 Å². The Morgan fingerprint density at radius 3 is 2.54 bits per heavy atom. The molecule has 1 aliphatic rings. The van der Waals surface area contributed by atoms with Crippen molar-refractivity contribution < 1.29 is 13.2 Å². The summed E-state index contributed by atoms with van der Waals surface area (Å²) < 4.78 is 39.9. The van der Waals surface area contributed by atoms with Gasteiger partial charge in [-0.1, -0.05) is 30.4 Å². The van der Waals surface area contributed by atoms with Gasteiger partial charge < -0.3 is 9.47 Å². The zero-order valence-corrected chi connectivity index (χ0v) is 15.4. The number of aryl methyl sites for hydroxylation is 1. The summed E-state index contributed by atoms with van der Waals surface area (Å²) in [5.74, 6) is 0. The fourth-order valence-corrected chi connectivity index (χ4v) is 3.49. The normalized spacial score (nSPS) is 15.4. The van der Waals surface area contributed by atoms with Gasteiger partial charge in [-0.2, -0.15) is 13.2 Å². The largest absolute Gasteiger partial charge is 0.416 e. The highest BCUT2D eigenvalue weighted by Crippen LogP contribution is 2.30. The molecule has 0 atom stereocenters. The van der Waals surface area contributed by atoms with Crippen LogP contribution in [0, 0.1) is 0 Å². The predicted octanol–water partition coefficient (Wildman–Crippen LogP) is 5.44. The maximum Gasteiger partial charge on any atom is 0.416 e. The van der Waals surface area contributed by atoms with Crippen molar-refractivity contribution in [1.82, 2.24) is 9.55 Å². The van der Waals surface area contributed by atoms with Crippen molar-refractivity contribution >= 4 is 22.8 Å². The van der Waals surface area contributed by atoms with Crippen LogP contribution < -0.4 is 4.90 Å². The van der Waals surface area contributed by atoms with Crippen LogP contribution in [0.4, 0.5) is 18.9 Å². The zero-order chi connectivity index (χ0) is 19.7. The van der Waals surface area contributed by atoms with Crippen molar-refractivity contribution in [2.24, 2.45) is 7.05 Å². The zero-order valence-electron chi connectivity index (χ0n) is 15.4. The Bertz CT molecular complexity index is 1040. The van der Waals surface area contributed by atoms with Crippen molar-refractivity contribution in [3.63, 3.8) is 0 Å². The molecule has 0 saturated heterocycles. The van der Waals surface area contributed by atoms with Gasteiger partial charge >= 0.3 is 6.18 Å². The second-order valence-electron chi connectivity index (χ2n) is 6.93. The van der Waals surface area contributed by atoms with Crippen LogP contribution >= 0.6 is 0 Å². The first-order valence-electron chi connectivity index (χ1n) is 9.11. The second-order valence-corrected chi connectivity index (χ2v) is 6.93. The Labute approximate surface area is 161 Å². The van der Waals surface area contributed by atoms with E-state index in [0.717, 1.165) is 48.2 Å². The van der Waals surface area contributed by atoms with Gasteiger partial charge in [0, 0.05) is 37.9 Å². The molecule has 3 aromatic rings. The van der Waals surface area contributed by atoms with Gasteiger partial charge in [0.15, 0.2) is 0 Å². The van der Waals surface area contributed by atoms with Gasteiger partial charge in [-0.3, -0.25) is 0 Å². The molecule has 0 spiro atoms. The molecule has 3 heterocycles. The number of hydrogen-bond donors (Lipinski definition) is 0. The summed E-state index contributed by atoms with van der Waals surface area (Å²) in [4.78, 5) is 6.75. The molecule has 1 aromatic carbocycles. The van der Waals surface area contributed by atoms with Crippen LogP contribution in [-0.2, 0) is 13.2 Å². The van der Waals surface area contributed by atoms with Gasteiger partial charge in [-0.15, -0.1) is 0 Å². The Balaban J connectivity index is 1.46. The third-order valence-corrected chi connectivity index (χ3v) is 5.03. The number of aromatic nitrogens is 2. The van der Waals surface area contributed by atoms with Gasteiger partial charge in [-0.05, 0) is 41.8 Å². The Kier molecular flexibility index (Phi) is 4.71. The van der Waals surface area contributed by atoms with Crippen LogP contribution in [0.25, 0.3) is 17.1 Å². The van der Waals surface area contributed by atoms with E-state index in [1.165, 1.54) is 23.4 Å². The molecular weight excluding hydrogens is 363 g/mol. The van der Waals surface area contributed by atoms with Crippen LogP contribution in [0.2, 0.25) is 0 Å². The lowest BCUT2D eigenvalue weighted by Gasteiger charge is -2.27. The van der Waals surface area contributed by atoms with Crippen LogP contribution in [0.15, 0.2) is 66.5 Å². The molecule has 0 fully saturated rings. The lowest BCUT2D eigenvalue weighted by molar-refractivity contribution is -0.137. The monoisotopic (exact) mass is 383 g/mol. The summed E-state index contributed by atoms with van der Waals surface area (Å²) in [5.41, 5.74) is 3.47. The molecule has 0 bridgehead atoms. The van der Waals surface area contributed by atoms with Crippen LogP contribution in [0.3, 0.4) is 0 Å². The first-order valence-corrected chi connectivity index (χ1v) is 9.11. The number of pyridine rings is 1. The van der Waals surface area contributed by atoms with Crippen molar-refractivity contribution in [3.05, 3.63) is 77.6 Å². The fraction of sp³-hybridized carbons (Fsp3) is 0.227. The average molecular weight is 383 g/mol. The van der Waals surface area contributed by atoms with Crippen molar-refractivity contribution in [2.45, 2.75) is 12.6 Å². The maximum absolute atomic E-state index is 12.6. The highest BCUT2D eigenvalue weighted by molar-refractivity contribution is 5.91. The topological polar surface area (TPSA) is 21.1 Å². The van der Waals surface area contributed by atoms with E-state index in [4.69, 9.17) is 0 Å². The molecule has 2 aromatic heterocycles. The Hall–Kier alpha value is -3.02. The van der Waals surface area contributed by atoms with Crippen LogP contribution in [0.1, 0.15) is 17.5 Å². The number of fused-ring (bicyclic) bond motifs is 1. The average Bonchev–Trinajstić information content (AvgIpc) is 3.03. The van der Waals surface area contributed by atoms with Gasteiger partial charge in [0.2, 0.25) is 0 Å². The fourth-order valence-electron chi connectivity index (χ4n) is 3.49. The lowest BCUT2D eigenvalue weighted by Crippen LogP contribution is -2.28. The van der Waals surface area contributed by atoms with Gasteiger partial charge in [-0.25, -0.2) is 4.98 Å². The number of anilines is 1. The highest BCUT2D eigenvalue weighted by Gasteiger charge is 2.29. The summed E-state index contributed by atoms with van der Waals surface area (Å²) in [7, 11) is 2.00. The number of allylic oxidation sites excluding steroid dienone is 1. The van der Waals surface area contributed by atoms with Crippen molar-refractivity contribution in [3.8, 4) is 0 Å². The van der Waals surface area contributed by atoms with E-state index in [1.54, 1.807) is 6.20 Å². The SMILES string of the molecule is Cn1cc(N2CC=C(/C=C/c3ccc(C(F)(F)F)cc3)CC2)c2cccnc21. The van der Waals surface area contributed by atoms with Crippen molar-refractivity contribution in [2.75, 3.05) is 18.0 Å². The number of alkyl halides is 3. The van der Waals surface area contributed by atoms with E-state index in [2.05, 4.69) is 28.2 Å². The summed E-state index contributed by atoms with van der Waals surface area (Å²) in [6.45, 7) is 1.68. The van der Waals surface area contributed by atoms with E-state index < -0.39 is 11.7 Å². The molecule has 0 N–H and O–H groups in total. The third-order valence-electron chi connectivity index (χ3n) is 5.03. The summed E-state index contributed by atoms with van der Waals surface area (Å²) in [6, 6.07) is 9.26. The minimum Gasteiger partial charge on any atom is -0.366 e. The number of rotatable bonds is 3. The molecule has 3 nitrogen and oxygen atoms in total. The van der Waals surface area contributed by atoms with E-state index in [-0.39, 0.29) is 0 Å². The van der Waals surface area contributed by atoms with Gasteiger partial charge in [0.25, 0.3) is 0 Å². The number of hydrogen-bond acceptors (Lipinski definition) is 2. The molecule has 0 radical (unpaired) electrons. The highest BCUT2D eigenvalue weighted by atomic mass is 19.4. The molecule has 0 amide bonds. The minimum atomic E-state index is -4.30. The minimum absolute atomic E-state index is 0.623. The predicted molar refractivity (Wildman–Crippen MR) is 106 cm³/mol. The molecule has 4 rings (SSSR count). The molecule has 28 heavy (non-hydrogen) atoms. The molecular formula is C22H20F3N3. The number of nitrogens with zero attached hydrogens (tertiary/aromatic N) is 3. The standard InChI is InChI=1S/C22H20F3N3/c1-27-15-20(19-3-2-12-26-21(19)27)28-13-10-17(11-14-28)5-4-16-6-8-18(9-7-16)22(23,24)25/h2-10,12,15H,11,13-14H2,1H3/b5-4+. The number of benzene rings is 1. The van der Waals surface area contributed by atoms with E-state index >= 15 is 0 Å². The van der Waals surface area contributed by atoms with Gasteiger partial charge in [0.1, 0.15) is 5.65 Å². The van der Waals surface area contributed by atoms with E-state index in [0.29, 0.717) is 0 Å². The molecule has 0 saturated carbocycles. The Morgan fingerprint density at radius 2 is 1.86 bits per heavy atom. The van der Waals surface area contributed by atoms with E-state index in [9.17, 15) is 13.2 Å². The molecule has 144 valence electrons. The molecule has 1 aliphatic heterocycles. The summed E-state index contributed by atoms with van der Waals surface area (Å²) >= 11 is 0. The second kappa shape index (κ2) is 7.19. The quantitative estimate of drug-likeness (QED) is 0.600. The molecule has 0 aliphatic carbocycles. The maximum atomic E-state index is 12.6. The van der Waals surface area contributed by atoms with Gasteiger partial charge in [0.05, 0.1) is 11.3 Å². The first kappa shape index (κ1) is 18.3. The first-order chi connectivity index (χ1) is 13.4. The van der Waals surface area contributed by atoms with E-state index in [1.807, 2.05) is 29.8 Å².